The minimum absolute atomic E-state index is 0.0812. The molecule has 0 spiro atoms. The van der Waals surface area contributed by atoms with Gasteiger partial charge in [0.1, 0.15) is 4.90 Å². The number of H-pyrrole nitrogens is 1. The van der Waals surface area contributed by atoms with Crippen molar-refractivity contribution >= 4 is 21.4 Å². The molecule has 8 heteroatoms. The Kier molecular flexibility index (Phi) is 4.28. The van der Waals surface area contributed by atoms with Crippen LogP contribution in [0, 0.1) is 20.8 Å². The molecule has 0 bridgehead atoms. The van der Waals surface area contributed by atoms with Gasteiger partial charge >= 0.3 is 0 Å². The van der Waals surface area contributed by atoms with Crippen molar-refractivity contribution < 1.29 is 8.42 Å². The first-order valence-corrected chi connectivity index (χ1v) is 8.44. The first-order chi connectivity index (χ1) is 9.35. The minimum Gasteiger partial charge on any atom is -0.325 e. The SMILES string of the molecule is Cc1cc(CNS(=O)(=O)c2c(CN)n[nH]c2C)sc1C. The summed E-state index contributed by atoms with van der Waals surface area (Å²) in [6.07, 6.45) is 0. The van der Waals surface area contributed by atoms with E-state index in [9.17, 15) is 8.42 Å². The van der Waals surface area contributed by atoms with Crippen LogP contribution in [0.1, 0.15) is 26.7 Å². The van der Waals surface area contributed by atoms with Crippen molar-refractivity contribution in [2.45, 2.75) is 38.8 Å². The molecular weight excluding hydrogens is 296 g/mol. The monoisotopic (exact) mass is 314 g/mol. The van der Waals surface area contributed by atoms with Crippen LogP contribution < -0.4 is 10.5 Å². The Morgan fingerprint density at radius 2 is 2.10 bits per heavy atom. The zero-order valence-electron chi connectivity index (χ0n) is 11.6. The molecule has 2 rings (SSSR count). The van der Waals surface area contributed by atoms with E-state index < -0.39 is 10.0 Å². The maximum Gasteiger partial charge on any atom is 0.244 e. The molecule has 0 aliphatic carbocycles. The molecule has 20 heavy (non-hydrogen) atoms. The van der Waals surface area contributed by atoms with E-state index in [-0.39, 0.29) is 18.0 Å². The zero-order chi connectivity index (χ0) is 14.9. The Labute approximate surface area is 122 Å². The lowest BCUT2D eigenvalue weighted by Gasteiger charge is -2.06. The Hall–Kier alpha value is -1.22. The van der Waals surface area contributed by atoms with Crippen LogP contribution in [-0.4, -0.2) is 18.6 Å². The van der Waals surface area contributed by atoms with Gasteiger partial charge in [0.15, 0.2) is 0 Å². The maximum absolute atomic E-state index is 12.3. The molecule has 0 fully saturated rings. The fourth-order valence-electron chi connectivity index (χ4n) is 1.94. The predicted molar refractivity (Wildman–Crippen MR) is 79.0 cm³/mol. The second kappa shape index (κ2) is 5.65. The summed E-state index contributed by atoms with van der Waals surface area (Å²) >= 11 is 1.59. The second-order valence-corrected chi connectivity index (χ2v) is 7.65. The number of nitrogens with zero attached hydrogens (tertiary/aromatic N) is 1. The summed E-state index contributed by atoms with van der Waals surface area (Å²) in [5, 5.41) is 6.57. The lowest BCUT2D eigenvalue weighted by molar-refractivity contribution is 0.580. The van der Waals surface area contributed by atoms with Crippen LogP contribution in [0.4, 0.5) is 0 Å². The minimum atomic E-state index is -3.61. The van der Waals surface area contributed by atoms with E-state index in [1.807, 2.05) is 19.9 Å². The number of sulfonamides is 1. The molecule has 0 radical (unpaired) electrons. The van der Waals surface area contributed by atoms with Crippen LogP contribution >= 0.6 is 11.3 Å². The molecule has 0 unspecified atom stereocenters. The van der Waals surface area contributed by atoms with Crippen LogP contribution in [0.2, 0.25) is 0 Å². The van der Waals surface area contributed by atoms with Crippen molar-refractivity contribution in [2.75, 3.05) is 0 Å². The topological polar surface area (TPSA) is 101 Å². The summed E-state index contributed by atoms with van der Waals surface area (Å²) in [5.74, 6) is 0. The molecule has 0 atom stereocenters. The molecule has 2 aromatic heterocycles. The van der Waals surface area contributed by atoms with E-state index in [0.29, 0.717) is 11.4 Å². The number of hydrogen-bond acceptors (Lipinski definition) is 5. The number of hydrogen-bond donors (Lipinski definition) is 3. The summed E-state index contributed by atoms with van der Waals surface area (Å²) in [7, 11) is -3.61. The number of nitrogens with two attached hydrogens (primary N) is 1. The molecule has 0 aliphatic heterocycles. The molecule has 0 saturated carbocycles. The quantitative estimate of drug-likeness (QED) is 0.775. The van der Waals surface area contributed by atoms with Gasteiger partial charge < -0.3 is 5.73 Å². The summed E-state index contributed by atoms with van der Waals surface area (Å²) < 4.78 is 27.3. The van der Waals surface area contributed by atoms with Crippen LogP contribution in [0.3, 0.4) is 0 Å². The van der Waals surface area contributed by atoms with Gasteiger partial charge in [0.05, 0.1) is 11.4 Å². The number of thiophene rings is 1. The third-order valence-corrected chi connectivity index (χ3v) is 5.83. The van der Waals surface area contributed by atoms with Crippen molar-refractivity contribution in [1.82, 2.24) is 14.9 Å². The van der Waals surface area contributed by atoms with E-state index >= 15 is 0 Å². The number of aromatic amines is 1. The van der Waals surface area contributed by atoms with Crippen molar-refractivity contribution in [1.29, 1.82) is 0 Å². The lowest BCUT2D eigenvalue weighted by Crippen LogP contribution is -2.24. The van der Waals surface area contributed by atoms with Crippen molar-refractivity contribution in [3.63, 3.8) is 0 Å². The van der Waals surface area contributed by atoms with Gasteiger partial charge in [-0.1, -0.05) is 0 Å². The summed E-state index contributed by atoms with van der Waals surface area (Å²) in [5.41, 5.74) is 7.54. The smallest absolute Gasteiger partial charge is 0.244 e. The fourth-order valence-corrected chi connectivity index (χ4v) is 4.40. The number of aryl methyl sites for hydroxylation is 3. The Morgan fingerprint density at radius 3 is 2.65 bits per heavy atom. The average Bonchev–Trinajstić information content (AvgIpc) is 2.91. The van der Waals surface area contributed by atoms with Gasteiger partial charge in [0.2, 0.25) is 10.0 Å². The Morgan fingerprint density at radius 1 is 1.40 bits per heavy atom. The van der Waals surface area contributed by atoms with E-state index in [0.717, 1.165) is 4.88 Å². The summed E-state index contributed by atoms with van der Waals surface area (Å²) in [4.78, 5) is 2.34. The molecule has 0 aromatic carbocycles. The number of aromatic nitrogens is 2. The average molecular weight is 314 g/mol. The molecule has 2 heterocycles. The highest BCUT2D eigenvalue weighted by Crippen LogP contribution is 2.22. The summed E-state index contributed by atoms with van der Waals surface area (Å²) in [6, 6.07) is 1.99. The molecule has 4 N–H and O–H groups in total. The Bertz CT molecular complexity index is 696. The van der Waals surface area contributed by atoms with Gasteiger partial charge in [-0.2, -0.15) is 5.10 Å². The maximum atomic E-state index is 12.3. The predicted octanol–water partition coefficient (Wildman–Crippen LogP) is 1.33. The van der Waals surface area contributed by atoms with E-state index in [2.05, 4.69) is 14.9 Å². The summed E-state index contributed by atoms with van der Waals surface area (Å²) in [6.45, 7) is 6.05. The highest BCUT2D eigenvalue weighted by Gasteiger charge is 2.23. The molecule has 0 saturated heterocycles. The fraction of sp³-hybridized carbons (Fsp3) is 0.417. The third-order valence-electron chi connectivity index (χ3n) is 3.08. The van der Waals surface area contributed by atoms with Gasteiger partial charge in [0, 0.05) is 22.8 Å². The van der Waals surface area contributed by atoms with Gasteiger partial charge in [-0.15, -0.1) is 11.3 Å². The van der Waals surface area contributed by atoms with Gasteiger partial charge in [-0.25, -0.2) is 13.1 Å². The normalized spacial score (nSPS) is 12.0. The number of rotatable bonds is 5. The molecular formula is C12H18N4O2S2. The van der Waals surface area contributed by atoms with E-state index in [1.54, 1.807) is 18.3 Å². The largest absolute Gasteiger partial charge is 0.325 e. The zero-order valence-corrected chi connectivity index (χ0v) is 13.3. The molecule has 0 amide bonds. The van der Waals surface area contributed by atoms with Crippen LogP contribution in [0.25, 0.3) is 0 Å². The van der Waals surface area contributed by atoms with Gasteiger partial charge in [-0.05, 0) is 32.4 Å². The molecule has 0 aliphatic rings. The van der Waals surface area contributed by atoms with E-state index in [1.165, 1.54) is 10.4 Å². The third kappa shape index (κ3) is 2.93. The molecule has 2 aromatic rings. The standard InChI is InChI=1S/C12H18N4O2S2/c1-7-4-10(19-9(7)3)6-14-20(17,18)12-8(2)15-16-11(12)5-13/h4,14H,5-6,13H2,1-3H3,(H,15,16). The molecule has 6 nitrogen and oxygen atoms in total. The second-order valence-electron chi connectivity index (χ2n) is 4.61. The lowest BCUT2D eigenvalue weighted by atomic mass is 10.3. The van der Waals surface area contributed by atoms with Gasteiger partial charge in [0.25, 0.3) is 0 Å². The van der Waals surface area contributed by atoms with Gasteiger partial charge in [-0.3, -0.25) is 5.10 Å². The highest BCUT2D eigenvalue weighted by atomic mass is 32.2. The van der Waals surface area contributed by atoms with Crippen LogP contribution in [0.5, 0.6) is 0 Å². The Balaban J connectivity index is 2.21. The van der Waals surface area contributed by atoms with E-state index in [4.69, 9.17) is 5.73 Å². The first-order valence-electron chi connectivity index (χ1n) is 6.14. The van der Waals surface area contributed by atoms with Crippen LogP contribution in [0.15, 0.2) is 11.0 Å². The van der Waals surface area contributed by atoms with Crippen molar-refractivity contribution in [3.05, 3.63) is 32.8 Å². The van der Waals surface area contributed by atoms with Crippen molar-refractivity contribution in [2.24, 2.45) is 5.73 Å². The highest BCUT2D eigenvalue weighted by molar-refractivity contribution is 7.89. The number of nitrogens with one attached hydrogen (secondary N) is 2. The van der Waals surface area contributed by atoms with Crippen LogP contribution in [-0.2, 0) is 23.1 Å². The molecule has 110 valence electrons. The first kappa shape index (κ1) is 15.2. The van der Waals surface area contributed by atoms with Crippen molar-refractivity contribution in [3.8, 4) is 0 Å².